The molecule has 0 aromatic rings. The number of rotatable bonds is 4. The minimum atomic E-state index is -0.180. The minimum Gasteiger partial charge on any atom is -0.466 e. The van der Waals surface area contributed by atoms with E-state index in [1.54, 1.807) is 0 Å². The van der Waals surface area contributed by atoms with Crippen molar-refractivity contribution in [3.05, 3.63) is 0 Å². The first kappa shape index (κ1) is 12.5. The molecule has 15 heavy (non-hydrogen) atoms. The Balaban J connectivity index is 2.14. The lowest BCUT2D eigenvalue weighted by Crippen LogP contribution is -2.46. The molecule has 1 aliphatic rings. The average Bonchev–Trinajstić information content (AvgIpc) is 2.19. The molecule has 0 saturated carbocycles. The number of carbonyl (C=O) groups excluding carboxylic acids is 1. The second-order valence-electron chi connectivity index (χ2n) is 4.51. The third-order valence-electron chi connectivity index (χ3n) is 2.74. The van der Waals surface area contributed by atoms with Gasteiger partial charge in [0.05, 0.1) is 6.61 Å². The Morgan fingerprint density at radius 3 is 2.47 bits per heavy atom. The van der Waals surface area contributed by atoms with E-state index in [4.69, 9.17) is 4.74 Å². The highest BCUT2D eigenvalue weighted by Crippen LogP contribution is 2.04. The quantitative estimate of drug-likeness (QED) is 0.636. The van der Waals surface area contributed by atoms with Crippen LogP contribution in [0.25, 0.3) is 0 Å². The zero-order valence-corrected chi connectivity index (χ0v) is 10.0. The van der Waals surface area contributed by atoms with Gasteiger partial charge in [0, 0.05) is 45.6 Å². The van der Waals surface area contributed by atoms with E-state index in [1.807, 2.05) is 0 Å². The Hall–Kier alpha value is -0.610. The Labute approximate surface area is 92.2 Å². The summed E-state index contributed by atoms with van der Waals surface area (Å²) in [5, 5.41) is 0. The molecule has 0 radical (unpaired) electrons. The summed E-state index contributed by atoms with van der Waals surface area (Å²) in [7, 11) is 2.15. The van der Waals surface area contributed by atoms with Crippen molar-refractivity contribution in [2.24, 2.45) is 5.92 Å². The summed E-state index contributed by atoms with van der Waals surface area (Å²) in [6.07, 6.45) is 0. The summed E-state index contributed by atoms with van der Waals surface area (Å²) < 4.78 is 4.99. The largest absolute Gasteiger partial charge is 0.466 e. The van der Waals surface area contributed by atoms with Crippen LogP contribution in [0.3, 0.4) is 0 Å². The highest BCUT2D eigenvalue weighted by Gasteiger charge is 2.16. The number of ether oxygens (including phenoxy) is 1. The van der Waals surface area contributed by atoms with E-state index in [-0.39, 0.29) is 5.97 Å². The second kappa shape index (κ2) is 6.08. The molecule has 4 nitrogen and oxygen atoms in total. The third kappa shape index (κ3) is 5.14. The minimum absolute atomic E-state index is 0.180. The van der Waals surface area contributed by atoms with Crippen LogP contribution < -0.4 is 0 Å². The van der Waals surface area contributed by atoms with Gasteiger partial charge in [-0.15, -0.1) is 0 Å². The summed E-state index contributed by atoms with van der Waals surface area (Å²) in [5.41, 5.74) is 0. The summed E-state index contributed by atoms with van der Waals surface area (Å²) in [5.74, 6) is 0.248. The lowest BCUT2D eigenvalue weighted by molar-refractivity contribution is -0.142. The highest BCUT2D eigenvalue weighted by atomic mass is 16.5. The molecular weight excluding hydrogens is 192 g/mol. The van der Waals surface area contributed by atoms with E-state index in [1.165, 1.54) is 6.92 Å². The molecule has 1 heterocycles. The summed E-state index contributed by atoms with van der Waals surface area (Å²) in [6.45, 7) is 9.69. The van der Waals surface area contributed by atoms with Crippen LogP contribution in [-0.4, -0.2) is 62.1 Å². The van der Waals surface area contributed by atoms with E-state index < -0.39 is 0 Å². The van der Waals surface area contributed by atoms with Gasteiger partial charge in [0.2, 0.25) is 0 Å². The Morgan fingerprint density at radius 1 is 1.33 bits per heavy atom. The Morgan fingerprint density at radius 2 is 1.93 bits per heavy atom. The number of nitrogens with zero attached hydrogens (tertiary/aromatic N) is 2. The summed E-state index contributed by atoms with van der Waals surface area (Å²) >= 11 is 0. The van der Waals surface area contributed by atoms with Crippen molar-refractivity contribution in [2.75, 3.05) is 46.4 Å². The molecule has 1 fully saturated rings. The van der Waals surface area contributed by atoms with Crippen LogP contribution >= 0.6 is 0 Å². The lowest BCUT2D eigenvalue weighted by Gasteiger charge is -2.33. The fourth-order valence-corrected chi connectivity index (χ4v) is 1.78. The van der Waals surface area contributed by atoms with Crippen molar-refractivity contribution in [2.45, 2.75) is 13.8 Å². The normalized spacial score (nSPS) is 21.3. The predicted molar refractivity (Wildman–Crippen MR) is 59.7 cm³/mol. The van der Waals surface area contributed by atoms with Crippen LogP contribution in [0, 0.1) is 5.92 Å². The van der Waals surface area contributed by atoms with E-state index in [0.717, 1.165) is 32.7 Å². The van der Waals surface area contributed by atoms with Gasteiger partial charge in [-0.05, 0) is 7.05 Å². The van der Waals surface area contributed by atoms with Gasteiger partial charge >= 0.3 is 5.97 Å². The van der Waals surface area contributed by atoms with Crippen LogP contribution in [0.1, 0.15) is 13.8 Å². The van der Waals surface area contributed by atoms with Crippen molar-refractivity contribution in [1.29, 1.82) is 0 Å². The molecule has 4 heteroatoms. The number of likely N-dealkylation sites (N-methyl/N-ethyl adjacent to an activating group) is 1. The molecule has 0 spiro atoms. The molecule has 0 bridgehead atoms. The molecule has 0 aromatic carbocycles. The lowest BCUT2D eigenvalue weighted by atomic mass is 10.1. The zero-order chi connectivity index (χ0) is 11.3. The number of carbonyl (C=O) groups is 1. The second-order valence-corrected chi connectivity index (χ2v) is 4.51. The van der Waals surface area contributed by atoms with Crippen LogP contribution in [0.5, 0.6) is 0 Å². The van der Waals surface area contributed by atoms with Crippen LogP contribution in [0.15, 0.2) is 0 Å². The first-order valence-electron chi connectivity index (χ1n) is 5.62. The van der Waals surface area contributed by atoms with Crippen LogP contribution in [-0.2, 0) is 9.53 Å². The summed E-state index contributed by atoms with van der Waals surface area (Å²) in [4.78, 5) is 15.4. The third-order valence-corrected chi connectivity index (χ3v) is 2.74. The maximum atomic E-state index is 10.6. The van der Waals surface area contributed by atoms with Gasteiger partial charge in [-0.1, -0.05) is 6.92 Å². The van der Waals surface area contributed by atoms with Gasteiger partial charge in [-0.2, -0.15) is 0 Å². The molecule has 1 rings (SSSR count). The number of hydrogen-bond acceptors (Lipinski definition) is 4. The van der Waals surface area contributed by atoms with E-state index in [0.29, 0.717) is 12.5 Å². The molecule has 1 unspecified atom stereocenters. The standard InChI is InChI=1S/C11H22N2O2/c1-10(9-15-11(2)14)8-13-6-4-12(3)5-7-13/h10H,4-9H2,1-3H3. The summed E-state index contributed by atoms with van der Waals surface area (Å²) in [6, 6.07) is 0. The highest BCUT2D eigenvalue weighted by molar-refractivity contribution is 5.65. The average molecular weight is 214 g/mol. The molecule has 0 aliphatic carbocycles. The van der Waals surface area contributed by atoms with Gasteiger partial charge in [-0.3, -0.25) is 4.79 Å². The Kier molecular flexibility index (Phi) is 5.05. The van der Waals surface area contributed by atoms with Crippen molar-refractivity contribution in [3.63, 3.8) is 0 Å². The SMILES string of the molecule is CC(=O)OCC(C)CN1CCN(C)CC1. The van der Waals surface area contributed by atoms with Gasteiger partial charge in [0.15, 0.2) is 0 Å². The van der Waals surface area contributed by atoms with Crippen molar-refractivity contribution < 1.29 is 9.53 Å². The predicted octanol–water partition coefficient (Wildman–Crippen LogP) is 0.433. The Bertz CT molecular complexity index is 201. The first-order chi connectivity index (χ1) is 7.08. The number of piperazine rings is 1. The van der Waals surface area contributed by atoms with Crippen molar-refractivity contribution >= 4 is 5.97 Å². The number of esters is 1. The molecule has 0 aromatic heterocycles. The fourth-order valence-electron chi connectivity index (χ4n) is 1.78. The maximum absolute atomic E-state index is 10.6. The van der Waals surface area contributed by atoms with Gasteiger partial charge in [0.1, 0.15) is 0 Å². The number of hydrogen-bond donors (Lipinski definition) is 0. The smallest absolute Gasteiger partial charge is 0.302 e. The van der Waals surface area contributed by atoms with Crippen LogP contribution in [0.2, 0.25) is 0 Å². The maximum Gasteiger partial charge on any atom is 0.302 e. The van der Waals surface area contributed by atoms with Gasteiger partial charge in [-0.25, -0.2) is 0 Å². The first-order valence-corrected chi connectivity index (χ1v) is 5.62. The van der Waals surface area contributed by atoms with E-state index >= 15 is 0 Å². The van der Waals surface area contributed by atoms with Crippen LogP contribution in [0.4, 0.5) is 0 Å². The molecule has 88 valence electrons. The molecule has 1 atom stereocenters. The topological polar surface area (TPSA) is 32.8 Å². The van der Waals surface area contributed by atoms with Crippen molar-refractivity contribution in [1.82, 2.24) is 9.80 Å². The monoisotopic (exact) mass is 214 g/mol. The molecule has 0 N–H and O–H groups in total. The van der Waals surface area contributed by atoms with Crippen molar-refractivity contribution in [3.8, 4) is 0 Å². The van der Waals surface area contributed by atoms with Gasteiger partial charge in [0.25, 0.3) is 0 Å². The molecular formula is C11H22N2O2. The van der Waals surface area contributed by atoms with E-state index in [2.05, 4.69) is 23.8 Å². The van der Waals surface area contributed by atoms with E-state index in [9.17, 15) is 4.79 Å². The fraction of sp³-hybridized carbons (Fsp3) is 0.909. The molecule has 1 saturated heterocycles. The molecule has 0 amide bonds. The zero-order valence-electron chi connectivity index (χ0n) is 10.0. The van der Waals surface area contributed by atoms with Gasteiger partial charge < -0.3 is 14.5 Å². The molecule has 1 aliphatic heterocycles.